The third-order valence-corrected chi connectivity index (χ3v) is 14.1. The molecule has 11 atom stereocenters. The number of ether oxygens (including phenoxy) is 9. The third-order valence-electron chi connectivity index (χ3n) is 13.1. The summed E-state index contributed by atoms with van der Waals surface area (Å²) in [4.78, 5) is 12.2. The second kappa shape index (κ2) is 27.9. The molecule has 1 saturated carbocycles. The van der Waals surface area contributed by atoms with Crippen LogP contribution in [0.1, 0.15) is 38.9 Å². The smallest absolute Gasteiger partial charge is 0.368 e. The van der Waals surface area contributed by atoms with Gasteiger partial charge < -0.3 is 47.5 Å². The van der Waals surface area contributed by atoms with Gasteiger partial charge in [-0.3, -0.25) is 9.05 Å². The van der Waals surface area contributed by atoms with E-state index in [1.165, 1.54) is 7.11 Å². The Labute approximate surface area is 439 Å². The zero-order valence-corrected chi connectivity index (χ0v) is 42.8. The number of hydrogen-bond acceptors (Lipinski definition) is 12. The van der Waals surface area contributed by atoms with Crippen LogP contribution < -0.4 is 0 Å². The summed E-state index contributed by atoms with van der Waals surface area (Å²) in [6.45, 7) is 0.617. The first kappa shape index (κ1) is 54.1. The SMILES string of the molecule is CO[C@@H]1O[C@H](COP(=O)(O)OC2[C@H](OCc3ccccc3)[C@H](OCc3ccccc3)C(OCc3ccccc3)[C@H](OCc3ccccc3)[C@H]2OCc2ccccc2)[C@@H](OCc2ccccc2)[C@@H]1OCc1ccccc1. The standard InChI is InChI=1S/C61H65O13P/c1-64-61-60(71-43-51-35-21-8-22-36-51)53(65-37-45-23-9-2-10-24-45)52(73-61)44-72-75(62,63)74-59-57(69-41-49-31-17-6-18-32-49)55(67-39-47-27-13-4-14-28-47)54(66-38-46-25-11-3-12-26-46)56(68-40-48-29-15-5-16-30-48)58(59)70-42-50-33-19-7-20-34-50/h2-36,52-61H,37-44H2,1H3,(H,62,63)/t52-,53-,54?,55-,56+,57-,58-,59?,60+,61-/m1/s1. The summed E-state index contributed by atoms with van der Waals surface area (Å²) in [5.41, 5.74) is 6.25. The van der Waals surface area contributed by atoms with Crippen molar-refractivity contribution in [3.05, 3.63) is 251 Å². The highest BCUT2D eigenvalue weighted by Crippen LogP contribution is 2.50. The zero-order valence-electron chi connectivity index (χ0n) is 41.9. The minimum absolute atomic E-state index is 0.0820. The normalized spacial score (nSPS) is 24.4. The first-order valence-corrected chi connectivity index (χ1v) is 26.8. The Kier molecular flexibility index (Phi) is 20.1. The fourth-order valence-corrected chi connectivity index (χ4v) is 10.2. The monoisotopic (exact) mass is 1040 g/mol. The maximum absolute atomic E-state index is 15.0. The van der Waals surface area contributed by atoms with E-state index in [1.54, 1.807) is 0 Å². The van der Waals surface area contributed by atoms with Crippen molar-refractivity contribution in [2.45, 2.75) is 107 Å². The van der Waals surface area contributed by atoms with E-state index in [9.17, 15) is 4.89 Å². The van der Waals surface area contributed by atoms with Crippen LogP contribution in [0.4, 0.5) is 0 Å². The van der Waals surface area contributed by atoms with Gasteiger partial charge in [-0.1, -0.05) is 212 Å². The molecule has 75 heavy (non-hydrogen) atoms. The van der Waals surface area contributed by atoms with Crippen molar-refractivity contribution in [3.63, 3.8) is 0 Å². The second-order valence-corrected chi connectivity index (χ2v) is 19.8. The Morgan fingerprint density at radius 3 is 0.867 bits per heavy atom. The summed E-state index contributed by atoms with van der Waals surface area (Å²) < 4.78 is 87.6. The molecule has 0 amide bonds. The summed E-state index contributed by atoms with van der Waals surface area (Å²) in [5.74, 6) is 0. The van der Waals surface area contributed by atoms with E-state index in [4.69, 9.17) is 51.7 Å². The maximum atomic E-state index is 15.0. The lowest BCUT2D eigenvalue weighted by atomic mass is 9.83. The van der Waals surface area contributed by atoms with Crippen LogP contribution in [-0.2, 0) is 102 Å². The van der Waals surface area contributed by atoms with Crippen molar-refractivity contribution in [2.24, 2.45) is 0 Å². The van der Waals surface area contributed by atoms with Crippen molar-refractivity contribution < 1.29 is 61.1 Å². The molecule has 1 aliphatic carbocycles. The molecule has 2 fully saturated rings. The van der Waals surface area contributed by atoms with E-state index in [0.29, 0.717) is 0 Å². The van der Waals surface area contributed by atoms with Gasteiger partial charge in [0.05, 0.1) is 52.9 Å². The van der Waals surface area contributed by atoms with Crippen LogP contribution >= 0.6 is 7.82 Å². The van der Waals surface area contributed by atoms with Gasteiger partial charge >= 0.3 is 7.82 Å². The van der Waals surface area contributed by atoms with Crippen molar-refractivity contribution in [1.82, 2.24) is 0 Å². The lowest BCUT2D eigenvalue weighted by Gasteiger charge is -2.49. The van der Waals surface area contributed by atoms with Crippen LogP contribution in [0.5, 0.6) is 0 Å². The zero-order chi connectivity index (χ0) is 51.5. The summed E-state index contributed by atoms with van der Waals surface area (Å²) in [6, 6.07) is 68.0. The molecule has 3 unspecified atom stereocenters. The summed E-state index contributed by atoms with van der Waals surface area (Å²) in [6.07, 6.45) is -9.81. The molecule has 9 rings (SSSR count). The van der Waals surface area contributed by atoms with Gasteiger partial charge in [-0.15, -0.1) is 0 Å². The Morgan fingerprint density at radius 1 is 0.360 bits per heavy atom. The number of hydrogen-bond donors (Lipinski definition) is 1. The molecule has 1 aliphatic heterocycles. The highest BCUT2D eigenvalue weighted by atomic mass is 31.2. The van der Waals surface area contributed by atoms with Gasteiger partial charge in [-0.2, -0.15) is 0 Å². The van der Waals surface area contributed by atoms with Crippen molar-refractivity contribution >= 4 is 7.82 Å². The quantitative estimate of drug-likeness (QED) is 0.0490. The second-order valence-electron chi connectivity index (χ2n) is 18.4. The van der Waals surface area contributed by atoms with Crippen LogP contribution in [0.3, 0.4) is 0 Å². The van der Waals surface area contributed by atoms with Crippen LogP contribution in [0.25, 0.3) is 0 Å². The average Bonchev–Trinajstić information content (AvgIpc) is 3.81. The molecule has 14 heteroatoms. The van der Waals surface area contributed by atoms with E-state index in [1.807, 2.05) is 212 Å². The van der Waals surface area contributed by atoms with E-state index >= 15 is 4.57 Å². The molecule has 0 bridgehead atoms. The average molecular weight is 1040 g/mol. The molecule has 7 aromatic rings. The number of phosphoric ester groups is 1. The van der Waals surface area contributed by atoms with Gasteiger partial charge in [-0.25, -0.2) is 4.57 Å². The van der Waals surface area contributed by atoms with Gasteiger partial charge in [0.15, 0.2) is 6.29 Å². The van der Waals surface area contributed by atoms with E-state index in [-0.39, 0.29) is 46.2 Å². The molecular weight excluding hydrogens is 972 g/mol. The van der Waals surface area contributed by atoms with Crippen molar-refractivity contribution in [1.29, 1.82) is 0 Å². The molecule has 0 radical (unpaired) electrons. The molecule has 1 saturated heterocycles. The molecule has 13 nitrogen and oxygen atoms in total. The topological polar surface area (TPSA) is 139 Å². The highest BCUT2D eigenvalue weighted by Gasteiger charge is 2.57. The largest absolute Gasteiger partial charge is 0.472 e. The number of phosphoric acid groups is 1. The van der Waals surface area contributed by atoms with Gasteiger partial charge in [0, 0.05) is 7.11 Å². The van der Waals surface area contributed by atoms with Crippen LogP contribution in [0, 0.1) is 0 Å². The van der Waals surface area contributed by atoms with Gasteiger partial charge in [0.2, 0.25) is 0 Å². The molecule has 0 spiro atoms. The maximum Gasteiger partial charge on any atom is 0.472 e. The summed E-state index contributed by atoms with van der Waals surface area (Å²) in [5, 5.41) is 0. The van der Waals surface area contributed by atoms with Gasteiger partial charge in [-0.05, 0) is 38.9 Å². The lowest BCUT2D eigenvalue weighted by molar-refractivity contribution is -0.280. The molecule has 7 aromatic carbocycles. The first-order valence-electron chi connectivity index (χ1n) is 25.3. The third kappa shape index (κ3) is 15.7. The number of methoxy groups -OCH3 is 1. The molecular formula is C61H65O13P. The Bertz CT molecular complexity index is 2630. The fraction of sp³-hybridized carbons (Fsp3) is 0.311. The number of benzene rings is 7. The summed E-state index contributed by atoms with van der Waals surface area (Å²) in [7, 11) is -3.60. The Balaban J connectivity index is 1.07. The van der Waals surface area contributed by atoms with Gasteiger partial charge in [0.25, 0.3) is 0 Å². The summed E-state index contributed by atoms with van der Waals surface area (Å²) >= 11 is 0. The first-order chi connectivity index (χ1) is 36.9. The van der Waals surface area contributed by atoms with Gasteiger partial charge in [0.1, 0.15) is 54.9 Å². The fourth-order valence-electron chi connectivity index (χ4n) is 9.30. The van der Waals surface area contributed by atoms with Crippen LogP contribution in [0.2, 0.25) is 0 Å². The number of rotatable bonds is 27. The molecule has 2 aliphatic rings. The van der Waals surface area contributed by atoms with E-state index in [0.717, 1.165) is 38.9 Å². The predicted molar refractivity (Wildman–Crippen MR) is 281 cm³/mol. The van der Waals surface area contributed by atoms with Crippen LogP contribution in [0.15, 0.2) is 212 Å². The van der Waals surface area contributed by atoms with E-state index in [2.05, 4.69) is 0 Å². The van der Waals surface area contributed by atoms with Crippen molar-refractivity contribution in [3.8, 4) is 0 Å². The lowest BCUT2D eigenvalue weighted by Crippen LogP contribution is -2.67. The highest BCUT2D eigenvalue weighted by molar-refractivity contribution is 7.47. The molecule has 392 valence electrons. The molecule has 1 N–H and O–H groups in total. The van der Waals surface area contributed by atoms with E-state index < -0.39 is 75.7 Å². The molecule has 0 aromatic heterocycles. The van der Waals surface area contributed by atoms with Crippen LogP contribution in [-0.4, -0.2) is 79.8 Å². The molecule has 1 heterocycles. The Morgan fingerprint density at radius 2 is 0.600 bits per heavy atom. The predicted octanol–water partition coefficient (Wildman–Crippen LogP) is 11.0. The van der Waals surface area contributed by atoms with Crippen molar-refractivity contribution in [2.75, 3.05) is 13.7 Å². The minimum atomic E-state index is -5.11. The minimum Gasteiger partial charge on any atom is -0.368 e. The Hall–Kier alpha value is -5.71.